The van der Waals surface area contributed by atoms with Gasteiger partial charge in [0.05, 0.1) is 0 Å². The summed E-state index contributed by atoms with van der Waals surface area (Å²) in [5.74, 6) is 0.824. The normalized spacial score (nSPS) is 10.7. The number of aromatic nitrogens is 2. The molecule has 0 atom stereocenters. The summed E-state index contributed by atoms with van der Waals surface area (Å²) in [6, 6.07) is 7.76. The minimum absolute atomic E-state index is 0.561. The van der Waals surface area contributed by atoms with Crippen LogP contribution in [0, 0.1) is 6.92 Å². The highest BCUT2D eigenvalue weighted by Crippen LogP contribution is 2.21. The lowest BCUT2D eigenvalue weighted by atomic mass is 10.1. The van der Waals surface area contributed by atoms with Crippen LogP contribution in [0.15, 0.2) is 24.3 Å². The van der Waals surface area contributed by atoms with Gasteiger partial charge in [0, 0.05) is 29.1 Å². The Morgan fingerprint density at radius 2 is 1.74 bits per heavy atom. The lowest BCUT2D eigenvalue weighted by Crippen LogP contribution is -2.03. The number of hydrogen-bond donors (Lipinski definition) is 0. The van der Waals surface area contributed by atoms with E-state index in [1.165, 1.54) is 0 Å². The topological polar surface area (TPSA) is 25.8 Å². The van der Waals surface area contributed by atoms with Crippen LogP contribution in [0.1, 0.15) is 36.0 Å². The highest BCUT2D eigenvalue weighted by atomic mass is 35.5. The second-order valence-electron chi connectivity index (χ2n) is 4.55. The summed E-state index contributed by atoms with van der Waals surface area (Å²) in [4.78, 5) is 8.88. The third-order valence-electron chi connectivity index (χ3n) is 2.98. The maximum Gasteiger partial charge on any atom is 0.136 e. The van der Waals surface area contributed by atoms with Gasteiger partial charge in [-0.3, -0.25) is 0 Å². The van der Waals surface area contributed by atoms with E-state index in [1.54, 1.807) is 0 Å². The maximum absolute atomic E-state index is 6.27. The molecule has 0 unspecified atom stereocenters. The van der Waals surface area contributed by atoms with Crippen LogP contribution in [0.4, 0.5) is 0 Å². The Balaban J connectivity index is 2.27. The number of rotatable bonds is 4. The Kier molecular flexibility index (Phi) is 4.78. The standard InChI is InChI=1S/C15H16Cl2N2/c1-3-4-14-18-10(2)13(15(17)19-14)9-11-5-7-12(16)8-6-11/h5-8H,3-4,9H2,1-2H3. The van der Waals surface area contributed by atoms with E-state index in [0.29, 0.717) is 5.15 Å². The van der Waals surface area contributed by atoms with Gasteiger partial charge in [0.25, 0.3) is 0 Å². The van der Waals surface area contributed by atoms with E-state index in [2.05, 4.69) is 16.9 Å². The molecule has 0 saturated carbocycles. The van der Waals surface area contributed by atoms with Crippen LogP contribution in [0.25, 0.3) is 0 Å². The van der Waals surface area contributed by atoms with Crippen LogP contribution in [0.2, 0.25) is 10.2 Å². The zero-order valence-electron chi connectivity index (χ0n) is 11.1. The number of benzene rings is 1. The molecule has 0 saturated heterocycles. The van der Waals surface area contributed by atoms with Crippen LogP contribution in [0.5, 0.6) is 0 Å². The van der Waals surface area contributed by atoms with Gasteiger partial charge in [-0.25, -0.2) is 9.97 Å². The third kappa shape index (κ3) is 3.68. The zero-order chi connectivity index (χ0) is 13.8. The number of aryl methyl sites for hydroxylation is 2. The van der Waals surface area contributed by atoms with Gasteiger partial charge in [-0.1, -0.05) is 42.3 Å². The van der Waals surface area contributed by atoms with E-state index in [4.69, 9.17) is 23.2 Å². The molecular weight excluding hydrogens is 279 g/mol. The summed E-state index contributed by atoms with van der Waals surface area (Å²) in [5, 5.41) is 1.30. The predicted molar refractivity (Wildman–Crippen MR) is 80.0 cm³/mol. The summed E-state index contributed by atoms with van der Waals surface area (Å²) in [5.41, 5.74) is 3.10. The predicted octanol–water partition coefficient (Wildman–Crippen LogP) is 4.64. The summed E-state index contributed by atoms with van der Waals surface area (Å²) in [6.45, 7) is 4.09. The van der Waals surface area contributed by atoms with E-state index >= 15 is 0 Å². The van der Waals surface area contributed by atoms with Gasteiger partial charge in [-0.2, -0.15) is 0 Å². The molecule has 0 spiro atoms. The Labute approximate surface area is 123 Å². The van der Waals surface area contributed by atoms with Crippen molar-refractivity contribution in [3.8, 4) is 0 Å². The first-order chi connectivity index (χ1) is 9.10. The molecule has 0 aliphatic rings. The quantitative estimate of drug-likeness (QED) is 0.768. The van der Waals surface area contributed by atoms with Crippen molar-refractivity contribution in [3.63, 3.8) is 0 Å². The van der Waals surface area contributed by atoms with Gasteiger partial charge in [-0.15, -0.1) is 0 Å². The highest BCUT2D eigenvalue weighted by Gasteiger charge is 2.10. The molecule has 1 heterocycles. The molecule has 2 aromatic rings. The fourth-order valence-corrected chi connectivity index (χ4v) is 2.39. The van der Waals surface area contributed by atoms with E-state index < -0.39 is 0 Å². The van der Waals surface area contributed by atoms with Gasteiger partial charge in [-0.05, 0) is 31.0 Å². The van der Waals surface area contributed by atoms with Crippen molar-refractivity contribution in [2.24, 2.45) is 0 Å². The van der Waals surface area contributed by atoms with Crippen molar-refractivity contribution >= 4 is 23.2 Å². The van der Waals surface area contributed by atoms with Gasteiger partial charge in [0.2, 0.25) is 0 Å². The second kappa shape index (κ2) is 6.36. The minimum atomic E-state index is 0.561. The molecule has 0 N–H and O–H groups in total. The largest absolute Gasteiger partial charge is 0.238 e. The first kappa shape index (κ1) is 14.3. The van der Waals surface area contributed by atoms with E-state index in [1.807, 2.05) is 31.2 Å². The molecule has 19 heavy (non-hydrogen) atoms. The molecule has 100 valence electrons. The molecule has 2 nitrogen and oxygen atoms in total. The molecule has 0 aliphatic carbocycles. The smallest absolute Gasteiger partial charge is 0.136 e. The van der Waals surface area contributed by atoms with Crippen molar-refractivity contribution in [1.82, 2.24) is 9.97 Å². The second-order valence-corrected chi connectivity index (χ2v) is 5.34. The lowest BCUT2D eigenvalue weighted by molar-refractivity contribution is 0.815. The van der Waals surface area contributed by atoms with Crippen LogP contribution >= 0.6 is 23.2 Å². The Hall–Kier alpha value is -1.12. The molecule has 1 aromatic heterocycles. The summed E-state index contributed by atoms with van der Waals surface area (Å²) in [6.07, 6.45) is 2.61. The monoisotopic (exact) mass is 294 g/mol. The van der Waals surface area contributed by atoms with Crippen molar-refractivity contribution in [2.45, 2.75) is 33.1 Å². The SMILES string of the molecule is CCCc1nc(C)c(Cc2ccc(Cl)cc2)c(Cl)n1. The summed E-state index contributed by atoms with van der Waals surface area (Å²) >= 11 is 12.2. The Bertz CT molecular complexity index is 542. The van der Waals surface area contributed by atoms with Crippen LogP contribution in [-0.2, 0) is 12.8 Å². The van der Waals surface area contributed by atoms with E-state index in [9.17, 15) is 0 Å². The van der Waals surface area contributed by atoms with Crippen molar-refractivity contribution in [3.05, 3.63) is 57.1 Å². The minimum Gasteiger partial charge on any atom is -0.238 e. The Morgan fingerprint density at radius 1 is 1.05 bits per heavy atom. The average molecular weight is 295 g/mol. The van der Waals surface area contributed by atoms with Crippen LogP contribution in [-0.4, -0.2) is 9.97 Å². The lowest BCUT2D eigenvalue weighted by Gasteiger charge is -2.09. The molecule has 0 aliphatic heterocycles. The number of nitrogens with zero attached hydrogens (tertiary/aromatic N) is 2. The molecule has 0 radical (unpaired) electrons. The molecule has 0 fully saturated rings. The first-order valence-corrected chi connectivity index (χ1v) is 7.12. The molecule has 1 aromatic carbocycles. The van der Waals surface area contributed by atoms with Gasteiger partial charge < -0.3 is 0 Å². The molecule has 0 bridgehead atoms. The Morgan fingerprint density at radius 3 is 2.32 bits per heavy atom. The van der Waals surface area contributed by atoms with Crippen molar-refractivity contribution in [1.29, 1.82) is 0 Å². The zero-order valence-corrected chi connectivity index (χ0v) is 12.6. The van der Waals surface area contributed by atoms with Gasteiger partial charge in [0.15, 0.2) is 0 Å². The summed E-state index contributed by atoms with van der Waals surface area (Å²) < 4.78 is 0. The van der Waals surface area contributed by atoms with Crippen molar-refractivity contribution < 1.29 is 0 Å². The van der Waals surface area contributed by atoms with Crippen LogP contribution < -0.4 is 0 Å². The fourth-order valence-electron chi connectivity index (χ4n) is 1.96. The van der Waals surface area contributed by atoms with Crippen molar-refractivity contribution in [2.75, 3.05) is 0 Å². The van der Waals surface area contributed by atoms with Crippen LogP contribution in [0.3, 0.4) is 0 Å². The maximum atomic E-state index is 6.27. The van der Waals surface area contributed by atoms with Gasteiger partial charge >= 0.3 is 0 Å². The molecule has 2 rings (SSSR count). The average Bonchev–Trinajstić information content (AvgIpc) is 2.36. The number of halogens is 2. The summed E-state index contributed by atoms with van der Waals surface area (Å²) in [7, 11) is 0. The van der Waals surface area contributed by atoms with E-state index in [-0.39, 0.29) is 0 Å². The first-order valence-electron chi connectivity index (χ1n) is 6.36. The van der Waals surface area contributed by atoms with E-state index in [0.717, 1.165) is 46.9 Å². The van der Waals surface area contributed by atoms with Gasteiger partial charge in [0.1, 0.15) is 11.0 Å². The highest BCUT2D eigenvalue weighted by molar-refractivity contribution is 6.30. The molecule has 4 heteroatoms. The fraction of sp³-hybridized carbons (Fsp3) is 0.333. The third-order valence-corrected chi connectivity index (χ3v) is 3.54. The number of hydrogen-bond acceptors (Lipinski definition) is 2. The molecule has 0 amide bonds. The molecular formula is C15H16Cl2N2.